The number of nitro benzene ring substituents is 1. The van der Waals surface area contributed by atoms with Crippen LogP contribution in [0.4, 0.5) is 5.69 Å². The van der Waals surface area contributed by atoms with Crippen molar-refractivity contribution in [2.24, 2.45) is 5.92 Å². The van der Waals surface area contributed by atoms with Crippen LogP contribution in [-0.4, -0.2) is 10.3 Å². The van der Waals surface area contributed by atoms with Crippen LogP contribution < -0.4 is 0 Å². The molecule has 2 atom stereocenters. The molecular weight excluding hydrogens is 293 g/mol. The van der Waals surface area contributed by atoms with Gasteiger partial charge in [-0.15, -0.1) is 11.6 Å². The third-order valence-electron chi connectivity index (χ3n) is 2.57. The third kappa shape index (κ3) is 3.46. The summed E-state index contributed by atoms with van der Waals surface area (Å²) in [5.41, 5.74) is 1.15. The molecule has 0 aliphatic rings. The van der Waals surface area contributed by atoms with E-state index in [9.17, 15) is 10.1 Å². The number of rotatable bonds is 4. The number of hydrogen-bond donors (Lipinski definition) is 0. The Hall–Kier alpha value is -0.610. The Labute approximate surface area is 108 Å². The fourth-order valence-corrected chi connectivity index (χ4v) is 1.94. The van der Waals surface area contributed by atoms with Crippen molar-refractivity contribution in [3.05, 3.63) is 38.3 Å². The number of non-ortho nitro benzene ring substituents is 1. The van der Waals surface area contributed by atoms with Crippen LogP contribution in [0.25, 0.3) is 0 Å². The van der Waals surface area contributed by atoms with Gasteiger partial charge in [0.05, 0.1) is 4.92 Å². The second kappa shape index (κ2) is 5.64. The lowest BCUT2D eigenvalue weighted by molar-refractivity contribution is -0.384. The van der Waals surface area contributed by atoms with E-state index in [2.05, 4.69) is 22.9 Å². The van der Waals surface area contributed by atoms with Gasteiger partial charge in [-0.05, 0) is 24.8 Å². The molecule has 0 spiro atoms. The minimum atomic E-state index is -0.401. The first-order valence-corrected chi connectivity index (χ1v) is 6.21. The molecule has 0 fully saturated rings. The average molecular weight is 307 g/mol. The first kappa shape index (κ1) is 13.5. The van der Waals surface area contributed by atoms with E-state index in [1.807, 2.05) is 6.92 Å². The maximum Gasteiger partial charge on any atom is 0.270 e. The molecule has 1 rings (SSSR count). The van der Waals surface area contributed by atoms with Gasteiger partial charge in [0.25, 0.3) is 5.69 Å². The van der Waals surface area contributed by atoms with Gasteiger partial charge >= 0.3 is 0 Å². The summed E-state index contributed by atoms with van der Waals surface area (Å²) in [7, 11) is 0. The maximum atomic E-state index is 10.6. The monoisotopic (exact) mass is 305 g/mol. The van der Waals surface area contributed by atoms with E-state index in [0.717, 1.165) is 16.5 Å². The number of benzene rings is 1. The van der Waals surface area contributed by atoms with Gasteiger partial charge < -0.3 is 0 Å². The number of halogens is 2. The first-order chi connectivity index (χ1) is 7.41. The predicted octanol–water partition coefficient (Wildman–Crippen LogP) is 4.16. The molecule has 1 aromatic carbocycles. The second-order valence-corrected chi connectivity index (χ2v) is 5.43. The van der Waals surface area contributed by atoms with Gasteiger partial charge in [0, 0.05) is 22.0 Å². The molecule has 0 aliphatic carbocycles. The van der Waals surface area contributed by atoms with Gasteiger partial charge in [-0.25, -0.2) is 0 Å². The van der Waals surface area contributed by atoms with Crippen LogP contribution in [-0.2, 0) is 6.42 Å². The Morgan fingerprint density at radius 2 is 2.12 bits per heavy atom. The van der Waals surface area contributed by atoms with Crippen LogP contribution in [0.2, 0.25) is 0 Å². The molecule has 0 aromatic heterocycles. The van der Waals surface area contributed by atoms with E-state index >= 15 is 0 Å². The lowest BCUT2D eigenvalue weighted by Crippen LogP contribution is -2.10. The van der Waals surface area contributed by atoms with Crippen LogP contribution in [0.1, 0.15) is 19.4 Å². The Morgan fingerprint density at radius 1 is 1.50 bits per heavy atom. The number of alkyl halides is 1. The predicted molar refractivity (Wildman–Crippen MR) is 69.0 cm³/mol. The second-order valence-electron chi connectivity index (χ2n) is 3.89. The zero-order valence-electron chi connectivity index (χ0n) is 9.11. The van der Waals surface area contributed by atoms with E-state index < -0.39 is 4.92 Å². The smallest absolute Gasteiger partial charge is 0.258 e. The summed E-state index contributed by atoms with van der Waals surface area (Å²) in [4.78, 5) is 10.2. The highest BCUT2D eigenvalue weighted by Crippen LogP contribution is 2.26. The van der Waals surface area contributed by atoms with Crippen molar-refractivity contribution in [2.75, 3.05) is 0 Å². The Balaban J connectivity index is 2.87. The van der Waals surface area contributed by atoms with E-state index in [4.69, 9.17) is 11.6 Å². The standard InChI is InChI=1S/C11H13BrClNO2/c1-7(8(2)13)5-9-3-4-10(14(15)16)6-11(9)12/h3-4,6-8H,5H2,1-2H3. The molecule has 0 heterocycles. The van der Waals surface area contributed by atoms with Crippen LogP contribution in [0.3, 0.4) is 0 Å². The largest absolute Gasteiger partial charge is 0.270 e. The van der Waals surface area contributed by atoms with Crippen LogP contribution in [0.5, 0.6) is 0 Å². The summed E-state index contributed by atoms with van der Waals surface area (Å²) in [6.07, 6.45) is 0.809. The number of hydrogen-bond acceptors (Lipinski definition) is 2. The number of nitrogens with zero attached hydrogens (tertiary/aromatic N) is 1. The van der Waals surface area contributed by atoms with Gasteiger partial charge in [-0.3, -0.25) is 10.1 Å². The summed E-state index contributed by atoms with van der Waals surface area (Å²) in [5.74, 6) is 0.333. The molecule has 5 heteroatoms. The van der Waals surface area contributed by atoms with E-state index in [1.54, 1.807) is 6.07 Å². The van der Waals surface area contributed by atoms with Crippen molar-refractivity contribution in [1.82, 2.24) is 0 Å². The highest BCUT2D eigenvalue weighted by molar-refractivity contribution is 9.10. The van der Waals surface area contributed by atoms with Crippen molar-refractivity contribution in [3.63, 3.8) is 0 Å². The zero-order chi connectivity index (χ0) is 12.3. The average Bonchev–Trinajstić information content (AvgIpc) is 2.20. The highest BCUT2D eigenvalue weighted by Gasteiger charge is 2.14. The Morgan fingerprint density at radius 3 is 2.56 bits per heavy atom. The molecule has 0 N–H and O–H groups in total. The van der Waals surface area contributed by atoms with E-state index in [-0.39, 0.29) is 11.1 Å². The van der Waals surface area contributed by atoms with Crippen LogP contribution >= 0.6 is 27.5 Å². The fraction of sp³-hybridized carbons (Fsp3) is 0.455. The summed E-state index contributed by atoms with van der Waals surface area (Å²) in [5, 5.41) is 10.6. The minimum Gasteiger partial charge on any atom is -0.258 e. The lowest BCUT2D eigenvalue weighted by atomic mass is 9.98. The quantitative estimate of drug-likeness (QED) is 0.476. The molecule has 2 unspecified atom stereocenters. The normalized spacial score (nSPS) is 14.5. The molecule has 0 saturated carbocycles. The molecule has 0 bridgehead atoms. The summed E-state index contributed by atoms with van der Waals surface area (Å²) in [6, 6.07) is 4.82. The SMILES string of the molecule is CC(Cl)C(C)Cc1ccc([N+](=O)[O-])cc1Br. The molecule has 16 heavy (non-hydrogen) atoms. The minimum absolute atomic E-state index is 0.0853. The topological polar surface area (TPSA) is 43.1 Å². The van der Waals surface area contributed by atoms with Crippen molar-refractivity contribution in [2.45, 2.75) is 25.6 Å². The molecule has 0 aliphatic heterocycles. The van der Waals surface area contributed by atoms with E-state index in [0.29, 0.717) is 5.92 Å². The zero-order valence-corrected chi connectivity index (χ0v) is 11.5. The highest BCUT2D eigenvalue weighted by atomic mass is 79.9. The van der Waals surface area contributed by atoms with Gasteiger partial charge in [-0.1, -0.05) is 28.9 Å². The van der Waals surface area contributed by atoms with Crippen molar-refractivity contribution >= 4 is 33.2 Å². The van der Waals surface area contributed by atoms with Gasteiger partial charge in [-0.2, -0.15) is 0 Å². The van der Waals surface area contributed by atoms with Crippen LogP contribution in [0.15, 0.2) is 22.7 Å². The number of nitro groups is 1. The summed E-state index contributed by atoms with van der Waals surface area (Å²) >= 11 is 9.33. The Bertz CT molecular complexity index is 396. The van der Waals surface area contributed by atoms with E-state index in [1.165, 1.54) is 12.1 Å². The van der Waals surface area contributed by atoms with Gasteiger partial charge in [0.2, 0.25) is 0 Å². The fourth-order valence-electron chi connectivity index (χ4n) is 1.32. The Kier molecular flexibility index (Phi) is 4.74. The summed E-state index contributed by atoms with van der Waals surface area (Å²) < 4.78 is 0.769. The molecule has 0 saturated heterocycles. The lowest BCUT2D eigenvalue weighted by Gasteiger charge is -2.14. The molecule has 3 nitrogen and oxygen atoms in total. The van der Waals surface area contributed by atoms with Crippen molar-refractivity contribution in [1.29, 1.82) is 0 Å². The first-order valence-electron chi connectivity index (χ1n) is 4.98. The van der Waals surface area contributed by atoms with Crippen LogP contribution in [0, 0.1) is 16.0 Å². The summed E-state index contributed by atoms with van der Waals surface area (Å²) in [6.45, 7) is 4.01. The van der Waals surface area contributed by atoms with Crippen molar-refractivity contribution < 1.29 is 4.92 Å². The molecular formula is C11H13BrClNO2. The van der Waals surface area contributed by atoms with Crippen molar-refractivity contribution in [3.8, 4) is 0 Å². The maximum absolute atomic E-state index is 10.6. The van der Waals surface area contributed by atoms with Gasteiger partial charge in [0.15, 0.2) is 0 Å². The molecule has 88 valence electrons. The van der Waals surface area contributed by atoms with Gasteiger partial charge in [0.1, 0.15) is 0 Å². The molecule has 0 radical (unpaired) electrons. The molecule has 0 amide bonds. The third-order valence-corrected chi connectivity index (χ3v) is 3.74. The molecule has 1 aromatic rings.